The van der Waals surface area contributed by atoms with E-state index < -0.39 is 0 Å². The van der Waals surface area contributed by atoms with Crippen LogP contribution in [0.1, 0.15) is 97.1 Å². The van der Waals surface area contributed by atoms with Gasteiger partial charge >= 0.3 is 0 Å². The number of rotatable bonds is 6. The van der Waals surface area contributed by atoms with Crippen molar-refractivity contribution in [1.29, 1.82) is 0 Å². The van der Waals surface area contributed by atoms with E-state index in [1.54, 1.807) is 6.33 Å². The summed E-state index contributed by atoms with van der Waals surface area (Å²) < 4.78 is 2.07. The van der Waals surface area contributed by atoms with Crippen LogP contribution < -0.4 is 15.1 Å². The lowest BCUT2D eigenvalue weighted by molar-refractivity contribution is 0.313. The van der Waals surface area contributed by atoms with Gasteiger partial charge in [0, 0.05) is 37.9 Å². The Hall–Kier alpha value is -3.20. The fourth-order valence-electron chi connectivity index (χ4n) is 6.03. The van der Waals surface area contributed by atoms with Gasteiger partial charge in [-0.05, 0) is 50.9 Å². The minimum absolute atomic E-state index is 0.0977. The number of fused-ring (bicyclic) bond motifs is 3. The molecule has 4 heterocycles. The monoisotopic (exact) mass is 547 g/mol. The molecule has 1 saturated heterocycles. The molecule has 3 aromatic rings. The molecule has 6 rings (SSSR count). The maximum atomic E-state index is 5.09. The Morgan fingerprint density at radius 1 is 0.975 bits per heavy atom. The van der Waals surface area contributed by atoms with Crippen molar-refractivity contribution in [3.05, 3.63) is 48.2 Å². The van der Waals surface area contributed by atoms with Gasteiger partial charge in [0.25, 0.3) is 0 Å². The molecule has 0 radical (unpaired) electrons. The van der Waals surface area contributed by atoms with E-state index in [1.807, 2.05) is 33.9 Å². The molecule has 40 heavy (non-hydrogen) atoms. The number of hydrogen-bond acceptors (Lipinski definition) is 8. The third-order valence-electron chi connectivity index (χ3n) is 8.17. The Labute approximate surface area is 241 Å². The predicted octanol–water partition coefficient (Wildman–Crippen LogP) is 6.25. The second kappa shape index (κ2) is 13.9. The van der Waals surface area contributed by atoms with E-state index in [4.69, 9.17) is 9.97 Å². The highest BCUT2D eigenvalue weighted by molar-refractivity contribution is 5.63. The molecular formula is C31H49N9. The van der Waals surface area contributed by atoms with Crippen LogP contribution in [0.3, 0.4) is 0 Å². The molecule has 0 bridgehead atoms. The Balaban J connectivity index is 0.000000886. The molecule has 9 nitrogen and oxygen atoms in total. The Morgan fingerprint density at radius 2 is 1.65 bits per heavy atom. The second-order valence-corrected chi connectivity index (χ2v) is 10.5. The van der Waals surface area contributed by atoms with E-state index in [2.05, 4.69) is 79.9 Å². The highest BCUT2D eigenvalue weighted by Crippen LogP contribution is 2.42. The molecule has 2 fully saturated rings. The van der Waals surface area contributed by atoms with E-state index in [0.717, 1.165) is 49.9 Å². The lowest BCUT2D eigenvalue weighted by atomic mass is 10.0. The zero-order valence-corrected chi connectivity index (χ0v) is 25.6. The average Bonchev–Trinajstić information content (AvgIpc) is 3.72. The van der Waals surface area contributed by atoms with E-state index in [0.29, 0.717) is 12.0 Å². The van der Waals surface area contributed by atoms with Crippen molar-refractivity contribution < 1.29 is 0 Å². The number of nitrogens with zero attached hydrogens (tertiary/aromatic N) is 8. The Morgan fingerprint density at radius 3 is 2.30 bits per heavy atom. The average molecular weight is 548 g/mol. The van der Waals surface area contributed by atoms with Gasteiger partial charge in [-0.1, -0.05) is 59.6 Å². The summed E-state index contributed by atoms with van der Waals surface area (Å²) in [7, 11) is 2.19. The number of aromatic nitrogens is 5. The SMILES string of the molecule is CC.CC.CCC1c2nncn2-c2cnc(NC(C)c3ccc(N4CCN(C)CC4)cc3)nc2N1C1CCCC1. The van der Waals surface area contributed by atoms with Crippen LogP contribution >= 0.6 is 0 Å². The standard InChI is InChI=1S/C27H37N9.2C2H6/c1-4-23-26-32-29-18-35(26)24-17-28-27(31-25(24)36(23)22-7-5-6-8-22)30-19(2)20-9-11-21(12-10-20)34-15-13-33(3)14-16-34;2*1-2/h9-12,17-19,22-23H,4-8,13-16H2,1-3H3,(H,28,30,31);2*1-2H3. The molecular weight excluding hydrogens is 498 g/mol. The smallest absolute Gasteiger partial charge is 0.225 e. The van der Waals surface area contributed by atoms with Gasteiger partial charge in [-0.2, -0.15) is 4.98 Å². The lowest BCUT2D eigenvalue weighted by Crippen LogP contribution is -2.44. The fourth-order valence-corrected chi connectivity index (χ4v) is 6.03. The minimum atomic E-state index is 0.0977. The third-order valence-corrected chi connectivity index (χ3v) is 8.17. The lowest BCUT2D eigenvalue weighted by Gasteiger charge is -2.40. The van der Waals surface area contributed by atoms with Gasteiger partial charge in [-0.15, -0.1) is 10.2 Å². The Bertz CT molecular complexity index is 1180. The number of likely N-dealkylation sites (N-methyl/N-ethyl adjacent to an activating group) is 1. The largest absolute Gasteiger partial charge is 0.369 e. The normalized spacial score (nSPS) is 19.5. The van der Waals surface area contributed by atoms with Crippen molar-refractivity contribution in [3.63, 3.8) is 0 Å². The molecule has 1 aliphatic carbocycles. The van der Waals surface area contributed by atoms with Crippen LogP contribution in [0.4, 0.5) is 17.5 Å². The van der Waals surface area contributed by atoms with E-state index >= 15 is 0 Å². The fraction of sp³-hybridized carbons (Fsp3) is 0.613. The zero-order valence-electron chi connectivity index (χ0n) is 25.6. The molecule has 2 aliphatic heterocycles. The first-order chi connectivity index (χ1) is 19.6. The molecule has 9 heteroatoms. The van der Waals surface area contributed by atoms with Gasteiger partial charge in [-0.25, -0.2) is 4.98 Å². The van der Waals surface area contributed by atoms with Crippen LogP contribution in [-0.2, 0) is 0 Å². The maximum Gasteiger partial charge on any atom is 0.225 e. The van der Waals surface area contributed by atoms with Gasteiger partial charge < -0.3 is 20.0 Å². The summed E-state index contributed by atoms with van der Waals surface area (Å²) in [5.74, 6) is 2.66. The van der Waals surface area contributed by atoms with Crippen molar-refractivity contribution >= 4 is 17.5 Å². The first kappa shape index (κ1) is 29.8. The summed E-state index contributed by atoms with van der Waals surface area (Å²) in [4.78, 5) is 17.2. The van der Waals surface area contributed by atoms with Crippen LogP contribution in [0.25, 0.3) is 5.69 Å². The second-order valence-electron chi connectivity index (χ2n) is 10.5. The predicted molar refractivity (Wildman–Crippen MR) is 166 cm³/mol. The molecule has 218 valence electrons. The molecule has 1 N–H and O–H groups in total. The van der Waals surface area contributed by atoms with Crippen molar-refractivity contribution in [3.8, 4) is 5.69 Å². The zero-order chi connectivity index (χ0) is 28.6. The first-order valence-electron chi connectivity index (χ1n) is 15.5. The van der Waals surface area contributed by atoms with Crippen LogP contribution in [0.15, 0.2) is 36.8 Å². The number of nitrogens with one attached hydrogen (secondary N) is 1. The summed E-state index contributed by atoms with van der Waals surface area (Å²) in [6, 6.07) is 9.71. The van der Waals surface area contributed by atoms with Gasteiger partial charge in [0.2, 0.25) is 5.95 Å². The first-order valence-corrected chi connectivity index (χ1v) is 15.5. The molecule has 1 aromatic carbocycles. The topological polar surface area (TPSA) is 78.2 Å². The van der Waals surface area contributed by atoms with E-state index in [-0.39, 0.29) is 12.1 Å². The molecule has 3 aliphatic rings. The van der Waals surface area contributed by atoms with Crippen LogP contribution in [0.2, 0.25) is 0 Å². The van der Waals surface area contributed by atoms with Crippen LogP contribution in [-0.4, -0.2) is 68.9 Å². The van der Waals surface area contributed by atoms with Crippen molar-refractivity contribution in [1.82, 2.24) is 29.6 Å². The van der Waals surface area contributed by atoms with Gasteiger partial charge in [0.15, 0.2) is 11.6 Å². The summed E-state index contributed by atoms with van der Waals surface area (Å²) >= 11 is 0. The molecule has 1 saturated carbocycles. The molecule has 2 unspecified atom stereocenters. The maximum absolute atomic E-state index is 5.09. The molecule has 0 amide bonds. The molecule has 2 aromatic heterocycles. The molecule has 0 spiro atoms. The van der Waals surface area contributed by atoms with Gasteiger partial charge in [0.1, 0.15) is 12.0 Å². The van der Waals surface area contributed by atoms with Gasteiger partial charge in [-0.3, -0.25) is 4.57 Å². The number of anilines is 3. The summed E-state index contributed by atoms with van der Waals surface area (Å²) in [6.07, 6.45) is 9.64. The minimum Gasteiger partial charge on any atom is -0.369 e. The summed E-state index contributed by atoms with van der Waals surface area (Å²) in [5.41, 5.74) is 3.50. The van der Waals surface area contributed by atoms with Crippen LogP contribution in [0, 0.1) is 0 Å². The number of benzene rings is 1. The van der Waals surface area contributed by atoms with Crippen LogP contribution in [0.5, 0.6) is 0 Å². The Kier molecular flexibility index (Phi) is 10.4. The van der Waals surface area contributed by atoms with E-state index in [9.17, 15) is 0 Å². The number of piperazine rings is 1. The summed E-state index contributed by atoms with van der Waals surface area (Å²) in [5, 5.41) is 12.3. The summed E-state index contributed by atoms with van der Waals surface area (Å²) in [6.45, 7) is 16.8. The highest BCUT2D eigenvalue weighted by atomic mass is 15.4. The quantitative estimate of drug-likeness (QED) is 0.388. The van der Waals surface area contributed by atoms with Crippen molar-refractivity contribution in [2.75, 3.05) is 48.3 Å². The third kappa shape index (κ3) is 6.09. The van der Waals surface area contributed by atoms with Crippen molar-refractivity contribution in [2.24, 2.45) is 0 Å². The molecule has 2 atom stereocenters. The van der Waals surface area contributed by atoms with E-state index in [1.165, 1.54) is 36.9 Å². The van der Waals surface area contributed by atoms with Crippen molar-refractivity contribution in [2.45, 2.75) is 91.8 Å². The number of hydrogen-bond donors (Lipinski definition) is 1. The van der Waals surface area contributed by atoms with Gasteiger partial charge in [0.05, 0.1) is 18.3 Å². The highest BCUT2D eigenvalue weighted by Gasteiger charge is 2.38.